The summed E-state index contributed by atoms with van der Waals surface area (Å²) >= 11 is 6.29. The van der Waals surface area contributed by atoms with Crippen LogP contribution in [0.3, 0.4) is 0 Å². The van der Waals surface area contributed by atoms with E-state index in [2.05, 4.69) is 5.10 Å². The maximum Gasteiger partial charge on any atom is 0.227 e. The molecular formula is C22H28ClN3O3. The molecule has 4 rings (SSSR count). The number of ether oxygens (including phenoxy) is 2. The van der Waals surface area contributed by atoms with Crippen molar-refractivity contribution in [3.8, 4) is 5.69 Å². The van der Waals surface area contributed by atoms with E-state index in [-0.39, 0.29) is 18.1 Å². The van der Waals surface area contributed by atoms with E-state index in [0.29, 0.717) is 31.2 Å². The van der Waals surface area contributed by atoms with Crippen LogP contribution in [0.2, 0.25) is 5.02 Å². The number of carbonyl (C=O) groups is 1. The molecule has 3 heterocycles. The number of hydrogen-bond acceptors (Lipinski definition) is 4. The smallest absolute Gasteiger partial charge is 0.227 e. The maximum atomic E-state index is 13.1. The second-order valence-corrected chi connectivity index (χ2v) is 8.43. The first kappa shape index (κ1) is 20.4. The summed E-state index contributed by atoms with van der Waals surface area (Å²) in [6.45, 7) is 8.73. The van der Waals surface area contributed by atoms with Gasteiger partial charge in [0.2, 0.25) is 5.91 Å². The zero-order chi connectivity index (χ0) is 20.5. The molecule has 6 nitrogen and oxygen atoms in total. The monoisotopic (exact) mass is 417 g/mol. The zero-order valence-electron chi connectivity index (χ0n) is 17.3. The third-order valence-corrected chi connectivity index (χ3v) is 6.42. The summed E-state index contributed by atoms with van der Waals surface area (Å²) in [4.78, 5) is 15.0. The van der Waals surface area contributed by atoms with Gasteiger partial charge < -0.3 is 14.4 Å². The summed E-state index contributed by atoms with van der Waals surface area (Å²) in [5.41, 5.74) is 4.79. The fourth-order valence-electron chi connectivity index (χ4n) is 4.27. The van der Waals surface area contributed by atoms with Crippen LogP contribution in [0.25, 0.3) is 5.69 Å². The Labute approximate surface area is 176 Å². The number of nitrogens with zero attached hydrogens (tertiary/aromatic N) is 3. The predicted octanol–water partition coefficient (Wildman–Crippen LogP) is 3.60. The van der Waals surface area contributed by atoms with Crippen LogP contribution >= 0.6 is 11.6 Å². The summed E-state index contributed by atoms with van der Waals surface area (Å²) in [5.74, 6) is 0.398. The third kappa shape index (κ3) is 4.20. The van der Waals surface area contributed by atoms with Crippen LogP contribution in [0.15, 0.2) is 18.2 Å². The van der Waals surface area contributed by atoms with Crippen molar-refractivity contribution in [2.75, 3.05) is 26.3 Å². The number of amides is 1. The van der Waals surface area contributed by atoms with E-state index in [1.165, 1.54) is 0 Å². The molecule has 2 fully saturated rings. The number of benzene rings is 1. The highest BCUT2D eigenvalue weighted by Crippen LogP contribution is 2.27. The molecule has 2 aliphatic heterocycles. The third-order valence-electron chi connectivity index (χ3n) is 6.01. The molecule has 2 aliphatic rings. The Kier molecular flexibility index (Phi) is 5.95. The lowest BCUT2D eigenvalue weighted by Gasteiger charge is -2.34. The van der Waals surface area contributed by atoms with Crippen molar-refractivity contribution < 1.29 is 14.3 Å². The van der Waals surface area contributed by atoms with Gasteiger partial charge in [0.1, 0.15) is 0 Å². The molecule has 2 aromatic rings. The average molecular weight is 418 g/mol. The molecule has 0 aliphatic carbocycles. The first-order chi connectivity index (χ1) is 13.9. The molecule has 0 spiro atoms. The standard InChI is InChI=1S/C22H28ClN3O3/c1-14-6-7-18(11-20(14)23)26-16(3)19(15(2)24-26)12-21(27)25-8-4-5-17(13-25)22-28-9-10-29-22/h6-7,11,17,22H,4-5,8-10,12-13H2,1-3H3. The normalized spacial score (nSPS) is 20.4. The van der Waals surface area contributed by atoms with Crippen LogP contribution in [0.4, 0.5) is 0 Å². The molecule has 0 saturated carbocycles. The predicted molar refractivity (Wildman–Crippen MR) is 111 cm³/mol. The number of rotatable bonds is 4. The first-order valence-electron chi connectivity index (χ1n) is 10.3. The average Bonchev–Trinajstić information content (AvgIpc) is 3.35. The van der Waals surface area contributed by atoms with Gasteiger partial charge in [-0.15, -0.1) is 0 Å². The minimum atomic E-state index is -0.164. The molecule has 1 unspecified atom stereocenters. The van der Waals surface area contributed by atoms with Gasteiger partial charge in [0.25, 0.3) is 0 Å². The van der Waals surface area contributed by atoms with E-state index in [1.54, 1.807) is 0 Å². The Morgan fingerprint density at radius 3 is 2.72 bits per heavy atom. The van der Waals surface area contributed by atoms with Crippen LogP contribution in [-0.4, -0.2) is 53.2 Å². The number of piperidine rings is 1. The first-order valence-corrected chi connectivity index (χ1v) is 10.6. The highest BCUT2D eigenvalue weighted by Gasteiger charge is 2.33. The molecule has 0 N–H and O–H groups in total. The van der Waals surface area contributed by atoms with Gasteiger partial charge in [-0.25, -0.2) is 4.68 Å². The zero-order valence-corrected chi connectivity index (χ0v) is 18.0. The summed E-state index contributed by atoms with van der Waals surface area (Å²) in [5, 5.41) is 5.39. The highest BCUT2D eigenvalue weighted by atomic mass is 35.5. The SMILES string of the molecule is Cc1ccc(-n2nc(C)c(CC(=O)N3CCCC(C4OCCO4)C3)c2C)cc1Cl. The Bertz CT molecular complexity index is 905. The lowest BCUT2D eigenvalue weighted by molar-refractivity contribution is -0.138. The summed E-state index contributed by atoms with van der Waals surface area (Å²) in [7, 11) is 0. The van der Waals surface area contributed by atoms with Crippen molar-refractivity contribution in [1.29, 1.82) is 0 Å². The number of halogens is 1. The quantitative estimate of drug-likeness (QED) is 0.762. The van der Waals surface area contributed by atoms with Gasteiger partial charge in [0.15, 0.2) is 6.29 Å². The van der Waals surface area contributed by atoms with Gasteiger partial charge in [-0.2, -0.15) is 5.10 Å². The van der Waals surface area contributed by atoms with E-state index in [9.17, 15) is 4.79 Å². The van der Waals surface area contributed by atoms with Crippen LogP contribution in [0.1, 0.15) is 35.4 Å². The Balaban J connectivity index is 1.49. The molecular weight excluding hydrogens is 390 g/mol. The highest BCUT2D eigenvalue weighted by molar-refractivity contribution is 6.31. The van der Waals surface area contributed by atoms with Crippen molar-refractivity contribution >= 4 is 17.5 Å². The van der Waals surface area contributed by atoms with Crippen LogP contribution in [-0.2, 0) is 20.7 Å². The van der Waals surface area contributed by atoms with Crippen molar-refractivity contribution in [1.82, 2.24) is 14.7 Å². The van der Waals surface area contributed by atoms with E-state index < -0.39 is 0 Å². The summed E-state index contributed by atoms with van der Waals surface area (Å²) in [6.07, 6.45) is 2.22. The van der Waals surface area contributed by atoms with E-state index >= 15 is 0 Å². The van der Waals surface area contributed by atoms with E-state index in [4.69, 9.17) is 21.1 Å². The Morgan fingerprint density at radius 2 is 2.00 bits per heavy atom. The van der Waals surface area contributed by atoms with Gasteiger partial charge in [0.05, 0.1) is 31.0 Å². The molecule has 2 saturated heterocycles. The number of aryl methyl sites for hydroxylation is 2. The number of likely N-dealkylation sites (tertiary alicyclic amines) is 1. The number of carbonyl (C=O) groups excluding carboxylic acids is 1. The van der Waals surface area contributed by atoms with Crippen molar-refractivity contribution in [2.45, 2.75) is 46.3 Å². The molecule has 1 aromatic carbocycles. The molecule has 0 radical (unpaired) electrons. The number of hydrogen-bond donors (Lipinski definition) is 0. The minimum Gasteiger partial charge on any atom is -0.350 e. The topological polar surface area (TPSA) is 56.6 Å². The molecule has 1 amide bonds. The van der Waals surface area contributed by atoms with Gasteiger partial charge >= 0.3 is 0 Å². The molecule has 0 bridgehead atoms. The van der Waals surface area contributed by atoms with Gasteiger partial charge in [0, 0.05) is 35.3 Å². The largest absolute Gasteiger partial charge is 0.350 e. The van der Waals surface area contributed by atoms with E-state index in [1.807, 2.05) is 48.6 Å². The fraction of sp³-hybridized carbons (Fsp3) is 0.545. The van der Waals surface area contributed by atoms with Gasteiger partial charge in [-0.1, -0.05) is 17.7 Å². The molecule has 1 atom stereocenters. The Hall–Kier alpha value is -1.89. The second kappa shape index (κ2) is 8.46. The van der Waals surface area contributed by atoms with Gasteiger partial charge in [-0.3, -0.25) is 4.79 Å². The lowest BCUT2D eigenvalue weighted by atomic mass is 9.96. The van der Waals surface area contributed by atoms with Crippen LogP contribution in [0, 0.1) is 26.7 Å². The molecule has 29 heavy (non-hydrogen) atoms. The van der Waals surface area contributed by atoms with Crippen molar-refractivity contribution in [3.63, 3.8) is 0 Å². The van der Waals surface area contributed by atoms with Gasteiger partial charge in [-0.05, 0) is 51.3 Å². The lowest BCUT2D eigenvalue weighted by Crippen LogP contribution is -2.44. The molecule has 7 heteroatoms. The second-order valence-electron chi connectivity index (χ2n) is 8.02. The van der Waals surface area contributed by atoms with Crippen LogP contribution < -0.4 is 0 Å². The van der Waals surface area contributed by atoms with Crippen molar-refractivity contribution in [3.05, 3.63) is 45.7 Å². The van der Waals surface area contributed by atoms with Crippen LogP contribution in [0.5, 0.6) is 0 Å². The fourth-order valence-corrected chi connectivity index (χ4v) is 4.44. The maximum absolute atomic E-state index is 13.1. The Morgan fingerprint density at radius 1 is 1.24 bits per heavy atom. The summed E-state index contributed by atoms with van der Waals surface area (Å²) in [6, 6.07) is 5.90. The van der Waals surface area contributed by atoms with Crippen molar-refractivity contribution in [2.24, 2.45) is 5.92 Å². The molecule has 156 valence electrons. The summed E-state index contributed by atoms with van der Waals surface area (Å²) < 4.78 is 13.2. The minimum absolute atomic E-state index is 0.139. The number of aromatic nitrogens is 2. The molecule has 1 aromatic heterocycles. The van der Waals surface area contributed by atoms with E-state index in [0.717, 1.165) is 47.6 Å².